The summed E-state index contributed by atoms with van der Waals surface area (Å²) in [5.74, 6) is 0.576. The SMILES string of the molecule is COC(=O)c1ccc(/C=N\OCC(=O)N[C@H]2CCC[C@@H](C)[C@@H]2C)cc1. The van der Waals surface area contributed by atoms with Crippen molar-refractivity contribution in [3.05, 3.63) is 35.4 Å². The van der Waals surface area contributed by atoms with Gasteiger partial charge in [0.05, 0.1) is 18.9 Å². The van der Waals surface area contributed by atoms with Crippen LogP contribution < -0.4 is 5.32 Å². The van der Waals surface area contributed by atoms with Crippen LogP contribution in [-0.4, -0.2) is 37.8 Å². The zero-order valence-corrected chi connectivity index (χ0v) is 15.0. The molecule has 0 heterocycles. The minimum Gasteiger partial charge on any atom is -0.465 e. The van der Waals surface area contributed by atoms with Crippen molar-refractivity contribution in [1.82, 2.24) is 5.32 Å². The third-order valence-electron chi connectivity index (χ3n) is 4.86. The molecule has 1 N–H and O–H groups in total. The molecule has 0 unspecified atom stereocenters. The lowest BCUT2D eigenvalue weighted by atomic mass is 9.78. The summed E-state index contributed by atoms with van der Waals surface area (Å²) in [7, 11) is 1.34. The number of nitrogens with zero attached hydrogens (tertiary/aromatic N) is 1. The van der Waals surface area contributed by atoms with Crippen LogP contribution in [0.3, 0.4) is 0 Å². The Balaban J connectivity index is 1.75. The molecule has 0 aromatic heterocycles. The van der Waals surface area contributed by atoms with Gasteiger partial charge in [0.25, 0.3) is 5.91 Å². The van der Waals surface area contributed by atoms with E-state index in [9.17, 15) is 9.59 Å². The molecule has 0 radical (unpaired) electrons. The van der Waals surface area contributed by atoms with E-state index in [0.29, 0.717) is 17.4 Å². The van der Waals surface area contributed by atoms with Crippen molar-refractivity contribution in [2.75, 3.05) is 13.7 Å². The Morgan fingerprint density at radius 2 is 1.96 bits per heavy atom. The Morgan fingerprint density at radius 1 is 1.24 bits per heavy atom. The number of esters is 1. The zero-order valence-electron chi connectivity index (χ0n) is 15.0. The first kappa shape index (κ1) is 19.0. The van der Waals surface area contributed by atoms with Crippen molar-refractivity contribution in [3.63, 3.8) is 0 Å². The van der Waals surface area contributed by atoms with Gasteiger partial charge in [0.1, 0.15) is 0 Å². The highest BCUT2D eigenvalue weighted by Crippen LogP contribution is 2.29. The molecule has 0 bridgehead atoms. The Kier molecular flexibility index (Phi) is 6.98. The van der Waals surface area contributed by atoms with Crippen LogP contribution in [0.1, 0.15) is 49.0 Å². The third-order valence-corrected chi connectivity index (χ3v) is 4.86. The van der Waals surface area contributed by atoms with Gasteiger partial charge in [0, 0.05) is 6.04 Å². The van der Waals surface area contributed by atoms with Crippen LogP contribution in [0.5, 0.6) is 0 Å². The van der Waals surface area contributed by atoms with E-state index in [1.165, 1.54) is 19.7 Å². The highest BCUT2D eigenvalue weighted by Gasteiger charge is 2.28. The second kappa shape index (κ2) is 9.20. The maximum Gasteiger partial charge on any atom is 0.337 e. The van der Waals surface area contributed by atoms with Gasteiger partial charge in [-0.2, -0.15) is 0 Å². The predicted molar refractivity (Wildman–Crippen MR) is 95.4 cm³/mol. The van der Waals surface area contributed by atoms with E-state index in [1.807, 2.05) is 0 Å². The van der Waals surface area contributed by atoms with Crippen molar-refractivity contribution >= 4 is 18.1 Å². The summed E-state index contributed by atoms with van der Waals surface area (Å²) < 4.78 is 4.64. The number of rotatable bonds is 6. The van der Waals surface area contributed by atoms with Gasteiger partial charge < -0.3 is 14.9 Å². The number of ether oxygens (including phenoxy) is 1. The van der Waals surface area contributed by atoms with Crippen molar-refractivity contribution < 1.29 is 19.2 Å². The zero-order chi connectivity index (χ0) is 18.2. The largest absolute Gasteiger partial charge is 0.465 e. The first-order valence-corrected chi connectivity index (χ1v) is 8.64. The van der Waals surface area contributed by atoms with Gasteiger partial charge in [0.15, 0.2) is 6.61 Å². The normalized spacial score (nSPS) is 23.2. The lowest BCUT2D eigenvalue weighted by molar-refractivity contribution is -0.127. The summed E-state index contributed by atoms with van der Waals surface area (Å²) in [4.78, 5) is 28.4. The van der Waals surface area contributed by atoms with E-state index in [1.54, 1.807) is 24.3 Å². The van der Waals surface area contributed by atoms with Gasteiger partial charge in [0.2, 0.25) is 0 Å². The molecule has 1 fully saturated rings. The number of carbonyl (C=O) groups is 2. The molecule has 136 valence electrons. The van der Waals surface area contributed by atoms with Crippen LogP contribution >= 0.6 is 0 Å². The number of hydrogen-bond donors (Lipinski definition) is 1. The lowest BCUT2D eigenvalue weighted by Gasteiger charge is -2.34. The molecule has 1 aromatic carbocycles. The second-order valence-electron chi connectivity index (χ2n) is 6.56. The average Bonchev–Trinajstić information content (AvgIpc) is 2.62. The van der Waals surface area contributed by atoms with Crippen LogP contribution in [0.25, 0.3) is 0 Å². The van der Waals surface area contributed by atoms with E-state index in [4.69, 9.17) is 4.84 Å². The molecule has 2 rings (SSSR count). The van der Waals surface area contributed by atoms with Crippen molar-refractivity contribution in [3.8, 4) is 0 Å². The Morgan fingerprint density at radius 3 is 2.64 bits per heavy atom. The van der Waals surface area contributed by atoms with Crippen molar-refractivity contribution in [1.29, 1.82) is 0 Å². The molecular formula is C19H26N2O4. The molecule has 0 spiro atoms. The summed E-state index contributed by atoms with van der Waals surface area (Å²) in [6, 6.07) is 6.96. The molecule has 1 aromatic rings. The van der Waals surface area contributed by atoms with Gasteiger partial charge >= 0.3 is 5.97 Å². The monoisotopic (exact) mass is 346 g/mol. The molecule has 25 heavy (non-hydrogen) atoms. The first-order valence-electron chi connectivity index (χ1n) is 8.64. The van der Waals surface area contributed by atoms with Gasteiger partial charge in [-0.1, -0.05) is 44.0 Å². The molecule has 6 nitrogen and oxygen atoms in total. The molecular weight excluding hydrogens is 320 g/mol. The number of carbonyl (C=O) groups excluding carboxylic acids is 2. The fraction of sp³-hybridized carbons (Fsp3) is 0.526. The first-order chi connectivity index (χ1) is 12.0. The number of methoxy groups -OCH3 is 1. The van der Waals surface area contributed by atoms with Gasteiger partial charge in [-0.25, -0.2) is 4.79 Å². The minimum atomic E-state index is -0.386. The number of amides is 1. The van der Waals surface area contributed by atoms with E-state index < -0.39 is 0 Å². The molecule has 0 aliphatic heterocycles. The van der Waals surface area contributed by atoms with Crippen molar-refractivity contribution in [2.24, 2.45) is 17.0 Å². The topological polar surface area (TPSA) is 77.0 Å². The fourth-order valence-corrected chi connectivity index (χ4v) is 3.05. The quantitative estimate of drug-likeness (QED) is 0.488. The van der Waals surface area contributed by atoms with E-state index in [2.05, 4.69) is 29.1 Å². The highest BCUT2D eigenvalue weighted by atomic mass is 16.6. The van der Waals surface area contributed by atoms with E-state index >= 15 is 0 Å². The fourth-order valence-electron chi connectivity index (χ4n) is 3.05. The molecule has 1 saturated carbocycles. The molecule has 1 amide bonds. The van der Waals surface area contributed by atoms with Crippen LogP contribution in [0.4, 0.5) is 0 Å². The Labute approximate surface area is 148 Å². The van der Waals surface area contributed by atoms with Gasteiger partial charge in [-0.05, 0) is 36.0 Å². The summed E-state index contributed by atoms with van der Waals surface area (Å²) >= 11 is 0. The Bertz CT molecular complexity index is 612. The van der Waals surface area contributed by atoms with Crippen molar-refractivity contribution in [2.45, 2.75) is 39.2 Å². The third kappa shape index (κ3) is 5.59. The van der Waals surface area contributed by atoms with Crippen LogP contribution in [0, 0.1) is 11.8 Å². The van der Waals surface area contributed by atoms with E-state index in [-0.39, 0.29) is 24.5 Å². The average molecular weight is 346 g/mol. The minimum absolute atomic E-state index is 0.103. The van der Waals surface area contributed by atoms with Crippen LogP contribution in [0.15, 0.2) is 29.4 Å². The Hall–Kier alpha value is -2.37. The molecule has 3 atom stereocenters. The lowest BCUT2D eigenvalue weighted by Crippen LogP contribution is -2.44. The standard InChI is InChI=1S/C19H26N2O4/c1-13-5-4-6-17(14(13)2)21-18(22)12-25-20-11-15-7-9-16(10-8-15)19(23)24-3/h7-11,13-14,17H,4-6,12H2,1-3H3,(H,21,22)/b20-11-/t13-,14+,17+/m1/s1. The van der Waals surface area contributed by atoms with Crippen LogP contribution in [0.2, 0.25) is 0 Å². The molecule has 1 aliphatic carbocycles. The van der Waals surface area contributed by atoms with Gasteiger partial charge in [-0.3, -0.25) is 4.79 Å². The maximum atomic E-state index is 12.0. The summed E-state index contributed by atoms with van der Waals surface area (Å²) in [5.41, 5.74) is 1.23. The smallest absolute Gasteiger partial charge is 0.337 e. The highest BCUT2D eigenvalue weighted by molar-refractivity contribution is 5.90. The number of oxime groups is 1. The second-order valence-corrected chi connectivity index (χ2v) is 6.56. The van der Waals surface area contributed by atoms with Crippen LogP contribution in [-0.2, 0) is 14.4 Å². The molecule has 0 saturated heterocycles. The maximum absolute atomic E-state index is 12.0. The number of nitrogens with one attached hydrogen (secondary N) is 1. The predicted octanol–water partition coefficient (Wildman–Crippen LogP) is 2.76. The van der Waals surface area contributed by atoms with E-state index in [0.717, 1.165) is 18.4 Å². The van der Waals surface area contributed by atoms with Gasteiger partial charge in [-0.15, -0.1) is 0 Å². The molecule has 6 heteroatoms. The number of hydrogen-bond acceptors (Lipinski definition) is 5. The molecule has 1 aliphatic rings. The summed E-state index contributed by atoms with van der Waals surface area (Å²) in [5, 5.41) is 6.84. The summed E-state index contributed by atoms with van der Waals surface area (Å²) in [6.45, 7) is 4.31. The number of benzene rings is 1. The summed E-state index contributed by atoms with van der Waals surface area (Å²) in [6.07, 6.45) is 4.90.